The third-order valence-corrected chi connectivity index (χ3v) is 7.51. The second-order valence-corrected chi connectivity index (χ2v) is 9.87. The van der Waals surface area contributed by atoms with E-state index in [1.165, 1.54) is 4.90 Å². The molecule has 2 saturated heterocycles. The van der Waals surface area contributed by atoms with Gasteiger partial charge in [-0.15, -0.1) is 12.4 Å². The Morgan fingerprint density at radius 1 is 1.26 bits per heavy atom. The van der Waals surface area contributed by atoms with Crippen molar-refractivity contribution in [2.75, 3.05) is 19.6 Å². The molecule has 0 aromatic heterocycles. The lowest BCUT2D eigenvalue weighted by atomic mass is 9.95. The Kier molecular flexibility index (Phi) is 8.50. The van der Waals surface area contributed by atoms with Crippen molar-refractivity contribution in [1.29, 1.82) is 0 Å². The number of fused-ring (bicyclic) bond motifs is 1. The lowest BCUT2D eigenvalue weighted by molar-refractivity contribution is -0.175. The first-order chi connectivity index (χ1) is 15.3. The first kappa shape index (κ1) is 28.2. The van der Waals surface area contributed by atoms with Gasteiger partial charge in [0.1, 0.15) is 12.1 Å². The number of hydrazine groups is 1. The largest absolute Gasteiger partial charge is 0.471 e. The molecule has 1 unspecified atom stereocenters. The van der Waals surface area contributed by atoms with Gasteiger partial charge in [-0.1, -0.05) is 34.1 Å². The van der Waals surface area contributed by atoms with E-state index in [1.807, 2.05) is 19.2 Å². The maximum atomic E-state index is 13.3. The number of halogens is 4. The minimum Gasteiger partial charge on any atom is -0.356 e. The molecule has 13 heteroatoms. The summed E-state index contributed by atoms with van der Waals surface area (Å²) in [6.45, 7) is 8.30. The molecule has 0 spiro atoms. The Labute approximate surface area is 202 Å². The molecule has 9 nitrogen and oxygen atoms in total. The van der Waals surface area contributed by atoms with Crippen LogP contribution in [-0.4, -0.2) is 66.4 Å². The summed E-state index contributed by atoms with van der Waals surface area (Å²) in [5, 5.41) is 4.54. The fourth-order valence-electron chi connectivity index (χ4n) is 5.07. The first-order valence-corrected chi connectivity index (χ1v) is 11.3. The zero-order valence-electron chi connectivity index (χ0n) is 19.6. The molecule has 2 aliphatic heterocycles. The van der Waals surface area contributed by atoms with Crippen molar-refractivity contribution >= 4 is 36.0 Å². The van der Waals surface area contributed by atoms with Gasteiger partial charge in [0.2, 0.25) is 11.8 Å². The lowest BCUT2D eigenvalue weighted by Gasteiger charge is -2.34. The standard InChI is InChI=1S/C21H32F3N5O4.ClH/c1-5-10(2)14(27-19(33)21(22,23)24)18(32)29-9-12-13(20(12,3)4)15(29)17(31)28-26-8-11-6-7-25-16(11)30;/h10-15,26H,5-9H2,1-4H3,(H,25,30)(H,27,33)(H,28,31);1H/t10-,11+,12+,13+,14+,15?;/m1./s1. The van der Waals surface area contributed by atoms with Crippen molar-refractivity contribution in [1.82, 2.24) is 26.4 Å². The number of carbonyl (C=O) groups excluding carboxylic acids is 4. The minimum absolute atomic E-state index is 0. The highest BCUT2D eigenvalue weighted by Crippen LogP contribution is 2.64. The van der Waals surface area contributed by atoms with Crippen molar-refractivity contribution in [3.8, 4) is 0 Å². The van der Waals surface area contributed by atoms with Gasteiger partial charge in [-0.25, -0.2) is 5.43 Å². The molecular weight excluding hydrogens is 479 g/mol. The summed E-state index contributed by atoms with van der Waals surface area (Å²) in [6.07, 6.45) is -4.11. The van der Waals surface area contributed by atoms with Crippen LogP contribution in [0, 0.1) is 29.1 Å². The normalized spacial score (nSPS) is 28.8. The van der Waals surface area contributed by atoms with E-state index in [0.717, 1.165) is 0 Å². The van der Waals surface area contributed by atoms with E-state index in [2.05, 4.69) is 16.2 Å². The third kappa shape index (κ3) is 5.42. The summed E-state index contributed by atoms with van der Waals surface area (Å²) in [7, 11) is 0. The second-order valence-electron chi connectivity index (χ2n) is 9.87. The van der Waals surface area contributed by atoms with Gasteiger partial charge in [0.05, 0.1) is 5.92 Å². The van der Waals surface area contributed by atoms with Gasteiger partial charge in [0, 0.05) is 19.6 Å². The zero-order chi connectivity index (χ0) is 24.7. The van der Waals surface area contributed by atoms with Crippen LogP contribution in [0.3, 0.4) is 0 Å². The van der Waals surface area contributed by atoms with Crippen molar-refractivity contribution in [3.63, 3.8) is 0 Å². The number of alkyl halides is 3. The number of rotatable bonds is 8. The van der Waals surface area contributed by atoms with E-state index in [1.54, 1.807) is 13.8 Å². The van der Waals surface area contributed by atoms with Crippen molar-refractivity contribution in [2.24, 2.45) is 29.1 Å². The van der Waals surface area contributed by atoms with E-state index >= 15 is 0 Å². The Bertz CT molecular complexity index is 825. The van der Waals surface area contributed by atoms with Crippen LogP contribution >= 0.6 is 12.4 Å². The van der Waals surface area contributed by atoms with Gasteiger partial charge >= 0.3 is 12.1 Å². The number of carbonyl (C=O) groups is 4. The van der Waals surface area contributed by atoms with Crippen LogP contribution in [0.2, 0.25) is 0 Å². The summed E-state index contributed by atoms with van der Waals surface area (Å²) in [5.74, 6) is -4.40. The van der Waals surface area contributed by atoms with E-state index < -0.39 is 41.9 Å². The molecular formula is C21H33ClF3N5O4. The van der Waals surface area contributed by atoms with Gasteiger partial charge < -0.3 is 15.5 Å². The molecule has 4 amide bonds. The monoisotopic (exact) mass is 511 g/mol. The van der Waals surface area contributed by atoms with Crippen molar-refractivity contribution < 1.29 is 32.3 Å². The molecule has 0 aromatic carbocycles. The highest BCUT2D eigenvalue weighted by atomic mass is 35.5. The molecule has 1 saturated carbocycles. The van der Waals surface area contributed by atoms with Crippen LogP contribution in [0.1, 0.15) is 40.5 Å². The maximum Gasteiger partial charge on any atom is 0.471 e. The predicted molar refractivity (Wildman–Crippen MR) is 118 cm³/mol. The second kappa shape index (κ2) is 10.3. The van der Waals surface area contributed by atoms with Crippen LogP contribution in [0.15, 0.2) is 0 Å². The minimum atomic E-state index is -5.12. The molecule has 3 rings (SSSR count). The number of piperidine rings is 1. The molecule has 194 valence electrons. The Balaban J connectivity index is 0.00000408. The Morgan fingerprint density at radius 3 is 2.44 bits per heavy atom. The van der Waals surface area contributed by atoms with Crippen LogP contribution in [-0.2, 0) is 19.2 Å². The number of likely N-dealkylation sites (tertiary alicyclic amines) is 1. The van der Waals surface area contributed by atoms with Crippen molar-refractivity contribution in [2.45, 2.75) is 58.8 Å². The van der Waals surface area contributed by atoms with Crippen LogP contribution in [0.5, 0.6) is 0 Å². The van der Waals surface area contributed by atoms with Gasteiger partial charge in [-0.3, -0.25) is 24.6 Å². The van der Waals surface area contributed by atoms with E-state index in [4.69, 9.17) is 0 Å². The molecule has 3 fully saturated rings. The van der Waals surface area contributed by atoms with Crippen LogP contribution in [0.25, 0.3) is 0 Å². The summed E-state index contributed by atoms with van der Waals surface area (Å²) in [5.41, 5.74) is 5.14. The molecule has 3 aliphatic rings. The molecule has 0 radical (unpaired) electrons. The predicted octanol–water partition coefficient (Wildman–Crippen LogP) is 0.741. The summed E-state index contributed by atoms with van der Waals surface area (Å²) in [6, 6.07) is -2.27. The van der Waals surface area contributed by atoms with Crippen LogP contribution < -0.4 is 21.5 Å². The fourth-order valence-corrected chi connectivity index (χ4v) is 5.07. The number of nitrogens with one attached hydrogen (secondary N) is 4. The van der Waals surface area contributed by atoms with Gasteiger partial charge in [-0.2, -0.15) is 13.2 Å². The molecule has 6 atom stereocenters. The summed E-state index contributed by atoms with van der Waals surface area (Å²) >= 11 is 0. The molecule has 2 heterocycles. The average Bonchev–Trinajstić information content (AvgIpc) is 3.11. The van der Waals surface area contributed by atoms with Crippen LogP contribution in [0.4, 0.5) is 13.2 Å². The fraction of sp³-hybridized carbons (Fsp3) is 0.810. The quantitative estimate of drug-likeness (QED) is 0.358. The number of nitrogens with zero attached hydrogens (tertiary/aromatic N) is 1. The molecule has 0 bridgehead atoms. The highest BCUT2D eigenvalue weighted by molar-refractivity contribution is 5.94. The van der Waals surface area contributed by atoms with E-state index in [0.29, 0.717) is 19.4 Å². The zero-order valence-corrected chi connectivity index (χ0v) is 20.4. The summed E-state index contributed by atoms with van der Waals surface area (Å²) in [4.78, 5) is 50.9. The number of hydrogen-bond donors (Lipinski definition) is 4. The maximum absolute atomic E-state index is 13.3. The van der Waals surface area contributed by atoms with E-state index in [-0.39, 0.29) is 54.6 Å². The Hall–Kier alpha value is -2.08. The van der Waals surface area contributed by atoms with E-state index in [9.17, 15) is 32.3 Å². The molecule has 4 N–H and O–H groups in total. The topological polar surface area (TPSA) is 120 Å². The first-order valence-electron chi connectivity index (χ1n) is 11.3. The van der Waals surface area contributed by atoms with Gasteiger partial charge in [0.15, 0.2) is 0 Å². The third-order valence-electron chi connectivity index (χ3n) is 7.51. The number of hydrogen-bond acceptors (Lipinski definition) is 5. The summed E-state index contributed by atoms with van der Waals surface area (Å²) < 4.78 is 38.6. The SMILES string of the molecule is CC[C@@H](C)[C@H](NC(=O)C(F)(F)F)C(=O)N1C[C@H]2[C@@H](C1C(=O)NNC[C@@H]1CCNC1=O)C2(C)C.Cl. The molecule has 34 heavy (non-hydrogen) atoms. The Morgan fingerprint density at radius 2 is 1.91 bits per heavy atom. The highest BCUT2D eigenvalue weighted by Gasteiger charge is 2.69. The van der Waals surface area contributed by atoms with Gasteiger partial charge in [-0.05, 0) is 29.6 Å². The molecule has 0 aromatic rings. The lowest BCUT2D eigenvalue weighted by Crippen LogP contribution is -2.59. The average molecular weight is 512 g/mol. The smallest absolute Gasteiger partial charge is 0.356 e. The van der Waals surface area contributed by atoms with Crippen molar-refractivity contribution in [3.05, 3.63) is 0 Å². The van der Waals surface area contributed by atoms with Gasteiger partial charge in [0.25, 0.3) is 5.91 Å². The molecule has 1 aliphatic carbocycles. The number of amides is 4.